The Hall–Kier alpha value is -1.44. The average molecular weight is 334 g/mol. The topological polar surface area (TPSA) is 57.9 Å². The van der Waals surface area contributed by atoms with Crippen molar-refractivity contribution in [2.24, 2.45) is 0 Å². The zero-order valence-corrected chi connectivity index (χ0v) is 14.0. The Kier molecular flexibility index (Phi) is 3.87. The van der Waals surface area contributed by atoms with Gasteiger partial charge in [0.15, 0.2) is 9.84 Å². The molecule has 2 aliphatic rings. The molecule has 0 amide bonds. The van der Waals surface area contributed by atoms with Crippen LogP contribution in [0.3, 0.4) is 0 Å². The van der Waals surface area contributed by atoms with Gasteiger partial charge >= 0.3 is 0 Å². The second kappa shape index (κ2) is 5.89. The minimum absolute atomic E-state index is 0.235. The van der Waals surface area contributed by atoms with Crippen molar-refractivity contribution in [2.75, 3.05) is 37.7 Å². The van der Waals surface area contributed by atoms with Crippen LogP contribution in [-0.4, -0.2) is 71.3 Å². The molecule has 4 heterocycles. The van der Waals surface area contributed by atoms with Crippen molar-refractivity contribution in [1.29, 1.82) is 0 Å². The van der Waals surface area contributed by atoms with Gasteiger partial charge < -0.3 is 4.40 Å². The van der Waals surface area contributed by atoms with Crippen LogP contribution < -0.4 is 0 Å². The summed E-state index contributed by atoms with van der Waals surface area (Å²) in [6, 6.07) is 6.45. The molecule has 4 rings (SSSR count). The molecule has 0 radical (unpaired) electrons. The number of aromatic nitrogens is 2. The van der Waals surface area contributed by atoms with Crippen LogP contribution >= 0.6 is 0 Å². The zero-order chi connectivity index (χ0) is 15.9. The molecule has 7 heteroatoms. The minimum Gasteiger partial charge on any atom is -0.303 e. The lowest BCUT2D eigenvalue weighted by Gasteiger charge is -2.37. The van der Waals surface area contributed by atoms with Crippen molar-refractivity contribution in [2.45, 2.75) is 19.0 Å². The summed E-state index contributed by atoms with van der Waals surface area (Å²) in [5, 5.41) is 0. The number of sulfone groups is 1. The number of hydrogen-bond donors (Lipinski definition) is 0. The summed E-state index contributed by atoms with van der Waals surface area (Å²) < 4.78 is 25.4. The number of piperazine rings is 1. The molecule has 1 unspecified atom stereocenters. The van der Waals surface area contributed by atoms with E-state index in [9.17, 15) is 8.42 Å². The Balaban J connectivity index is 1.38. The van der Waals surface area contributed by atoms with Crippen LogP contribution in [0.25, 0.3) is 5.65 Å². The summed E-state index contributed by atoms with van der Waals surface area (Å²) in [6.07, 6.45) is 4.64. The van der Waals surface area contributed by atoms with E-state index >= 15 is 0 Å². The molecule has 2 aliphatic heterocycles. The molecule has 2 aromatic heterocycles. The largest absolute Gasteiger partial charge is 0.303 e. The number of fused-ring (bicyclic) bond motifs is 1. The smallest absolute Gasteiger partial charge is 0.151 e. The molecular formula is C16H22N4O2S. The van der Waals surface area contributed by atoms with Crippen molar-refractivity contribution in [3.63, 3.8) is 0 Å². The Morgan fingerprint density at radius 3 is 2.74 bits per heavy atom. The fourth-order valence-electron chi connectivity index (χ4n) is 3.71. The van der Waals surface area contributed by atoms with E-state index in [-0.39, 0.29) is 6.04 Å². The first-order valence-corrected chi connectivity index (χ1v) is 10.0. The number of imidazole rings is 1. The highest BCUT2D eigenvalue weighted by molar-refractivity contribution is 7.91. The van der Waals surface area contributed by atoms with Gasteiger partial charge in [0.05, 0.1) is 11.5 Å². The molecule has 1 atom stereocenters. The van der Waals surface area contributed by atoms with Gasteiger partial charge in [0.1, 0.15) is 5.65 Å². The van der Waals surface area contributed by atoms with E-state index < -0.39 is 9.84 Å². The van der Waals surface area contributed by atoms with Crippen molar-refractivity contribution >= 4 is 15.5 Å². The van der Waals surface area contributed by atoms with E-state index in [1.165, 1.54) is 5.69 Å². The van der Waals surface area contributed by atoms with Gasteiger partial charge in [-0.25, -0.2) is 13.4 Å². The Bertz CT molecular complexity index is 793. The molecule has 0 spiro atoms. The van der Waals surface area contributed by atoms with Crippen molar-refractivity contribution < 1.29 is 8.42 Å². The van der Waals surface area contributed by atoms with Gasteiger partial charge in [-0.2, -0.15) is 0 Å². The van der Waals surface area contributed by atoms with Crippen molar-refractivity contribution in [1.82, 2.24) is 19.2 Å². The quantitative estimate of drug-likeness (QED) is 0.824. The third-order valence-electron chi connectivity index (χ3n) is 5.03. The molecule has 2 aromatic rings. The van der Waals surface area contributed by atoms with Gasteiger partial charge in [0.25, 0.3) is 0 Å². The minimum atomic E-state index is -2.79. The molecular weight excluding hydrogens is 312 g/mol. The van der Waals surface area contributed by atoms with Crippen molar-refractivity contribution in [3.05, 3.63) is 36.3 Å². The van der Waals surface area contributed by atoms with Crippen molar-refractivity contribution in [3.8, 4) is 0 Å². The Morgan fingerprint density at radius 2 is 2.00 bits per heavy atom. The predicted molar refractivity (Wildman–Crippen MR) is 89.1 cm³/mol. The standard InChI is InChI=1S/C16H22N4O2S/c21-23(22)11-4-15(13-23)19-9-7-18(8-10-19)12-14-2-1-3-16-17-5-6-20(14)16/h1-3,5-6,15H,4,7-13H2. The van der Waals surface area contributed by atoms with Gasteiger partial charge in [-0.05, 0) is 18.6 Å². The van der Waals surface area contributed by atoms with Gasteiger partial charge in [0, 0.05) is 56.9 Å². The first kappa shape index (κ1) is 15.1. The van der Waals surface area contributed by atoms with Crippen LogP contribution in [0.5, 0.6) is 0 Å². The summed E-state index contributed by atoms with van der Waals surface area (Å²) in [5.41, 5.74) is 2.23. The highest BCUT2D eigenvalue weighted by Crippen LogP contribution is 2.20. The maximum Gasteiger partial charge on any atom is 0.151 e. The fraction of sp³-hybridized carbons (Fsp3) is 0.562. The predicted octanol–water partition coefficient (Wildman–Crippen LogP) is 0.639. The molecule has 0 N–H and O–H groups in total. The summed E-state index contributed by atoms with van der Waals surface area (Å²) in [6.45, 7) is 4.80. The average Bonchev–Trinajstić information content (AvgIpc) is 3.15. The monoisotopic (exact) mass is 334 g/mol. The number of nitrogens with zero attached hydrogens (tertiary/aromatic N) is 4. The molecule has 124 valence electrons. The normalized spacial score (nSPS) is 26.0. The van der Waals surface area contributed by atoms with Gasteiger partial charge in [-0.1, -0.05) is 6.07 Å². The summed E-state index contributed by atoms with van der Waals surface area (Å²) >= 11 is 0. The van der Waals surface area contributed by atoms with E-state index in [1.807, 2.05) is 18.5 Å². The SMILES string of the molecule is O=S1(=O)CCC(N2CCN(Cc3cccc4nccn34)CC2)C1. The van der Waals surface area contributed by atoms with E-state index in [1.54, 1.807) is 0 Å². The molecule has 23 heavy (non-hydrogen) atoms. The highest BCUT2D eigenvalue weighted by atomic mass is 32.2. The van der Waals surface area contributed by atoms with Crippen LogP contribution in [0.2, 0.25) is 0 Å². The fourth-order valence-corrected chi connectivity index (χ4v) is 5.48. The van der Waals surface area contributed by atoms with Gasteiger partial charge in [0.2, 0.25) is 0 Å². The summed E-state index contributed by atoms with van der Waals surface area (Å²) in [4.78, 5) is 9.13. The van der Waals surface area contributed by atoms with Crippen LogP contribution in [0.15, 0.2) is 30.6 Å². The third kappa shape index (κ3) is 3.13. The first-order chi connectivity index (χ1) is 11.1. The van der Waals surface area contributed by atoms with E-state index in [0.717, 1.165) is 44.8 Å². The van der Waals surface area contributed by atoms with Gasteiger partial charge in [-0.3, -0.25) is 9.80 Å². The molecule has 0 aliphatic carbocycles. The van der Waals surface area contributed by atoms with E-state index in [0.29, 0.717) is 11.5 Å². The summed E-state index contributed by atoms with van der Waals surface area (Å²) in [5.74, 6) is 0.710. The first-order valence-electron chi connectivity index (χ1n) is 8.18. The highest BCUT2D eigenvalue weighted by Gasteiger charge is 2.33. The lowest BCUT2D eigenvalue weighted by molar-refractivity contribution is 0.0990. The lowest BCUT2D eigenvalue weighted by atomic mass is 10.2. The Labute approximate surface area is 136 Å². The van der Waals surface area contributed by atoms with E-state index in [4.69, 9.17) is 0 Å². The molecule has 2 fully saturated rings. The third-order valence-corrected chi connectivity index (χ3v) is 6.78. The molecule has 0 saturated carbocycles. The zero-order valence-electron chi connectivity index (χ0n) is 13.1. The molecule has 2 saturated heterocycles. The summed E-state index contributed by atoms with van der Waals surface area (Å²) in [7, 11) is -2.79. The number of pyridine rings is 1. The number of rotatable bonds is 3. The van der Waals surface area contributed by atoms with Gasteiger partial charge in [-0.15, -0.1) is 0 Å². The van der Waals surface area contributed by atoms with Crippen LogP contribution in [0, 0.1) is 0 Å². The second-order valence-corrected chi connectivity index (χ2v) is 8.77. The molecule has 0 aromatic carbocycles. The maximum atomic E-state index is 11.6. The van der Waals surface area contributed by atoms with E-state index in [2.05, 4.69) is 31.3 Å². The molecule has 0 bridgehead atoms. The second-order valence-electron chi connectivity index (χ2n) is 6.54. The molecule has 6 nitrogen and oxygen atoms in total. The van der Waals surface area contributed by atoms with Crippen LogP contribution in [0.4, 0.5) is 0 Å². The lowest BCUT2D eigenvalue weighted by Crippen LogP contribution is -2.50. The number of hydrogen-bond acceptors (Lipinski definition) is 5. The van der Waals surface area contributed by atoms with Crippen LogP contribution in [0.1, 0.15) is 12.1 Å². The maximum absolute atomic E-state index is 11.6. The Morgan fingerprint density at radius 1 is 1.17 bits per heavy atom. The van der Waals surface area contributed by atoms with Crippen LogP contribution in [-0.2, 0) is 16.4 Å².